The van der Waals surface area contributed by atoms with Gasteiger partial charge in [0.15, 0.2) is 0 Å². The summed E-state index contributed by atoms with van der Waals surface area (Å²) in [5.41, 5.74) is 3.18. The van der Waals surface area contributed by atoms with Crippen molar-refractivity contribution in [1.82, 2.24) is 9.88 Å². The Morgan fingerprint density at radius 3 is 2.65 bits per heavy atom. The number of rotatable bonds is 4. The van der Waals surface area contributed by atoms with Gasteiger partial charge in [-0.2, -0.15) is 0 Å². The van der Waals surface area contributed by atoms with Crippen LogP contribution in [0, 0.1) is 13.8 Å². The monoisotopic (exact) mass is 342 g/mol. The Kier molecular flexibility index (Phi) is 4.59. The molecule has 0 spiro atoms. The van der Waals surface area contributed by atoms with E-state index in [-0.39, 0.29) is 5.91 Å². The molecule has 0 bridgehead atoms. The Morgan fingerprint density at radius 1 is 1.17 bits per heavy atom. The molecular weight excluding hydrogens is 324 g/mol. The summed E-state index contributed by atoms with van der Waals surface area (Å²) in [6.07, 6.45) is 0. The van der Waals surface area contributed by atoms with Crippen LogP contribution in [0.3, 0.4) is 0 Å². The number of amides is 1. The van der Waals surface area contributed by atoms with Gasteiger partial charge in [0, 0.05) is 13.6 Å². The fraction of sp³-hybridized carbons (Fsp3) is 0.222. The van der Waals surface area contributed by atoms with Crippen molar-refractivity contribution in [3.05, 3.63) is 63.5 Å². The molecule has 0 N–H and O–H groups in total. The highest BCUT2D eigenvalue weighted by Crippen LogP contribution is 2.31. The van der Waals surface area contributed by atoms with Crippen LogP contribution in [-0.2, 0) is 6.54 Å². The van der Waals surface area contributed by atoms with E-state index in [2.05, 4.69) is 24.0 Å². The number of nitrogens with zero attached hydrogens (tertiary/aromatic N) is 2. The third-order valence-corrected chi connectivity index (χ3v) is 5.92. The molecule has 0 saturated carbocycles. The number of aromatic nitrogens is 1. The van der Waals surface area contributed by atoms with Crippen LogP contribution < -0.4 is 0 Å². The molecule has 0 saturated heterocycles. The normalized spacial score (nSPS) is 10.7. The summed E-state index contributed by atoms with van der Waals surface area (Å²) in [6.45, 7) is 4.58. The van der Waals surface area contributed by atoms with E-state index in [9.17, 15) is 4.79 Å². The van der Waals surface area contributed by atoms with Gasteiger partial charge in [-0.3, -0.25) is 4.79 Å². The van der Waals surface area contributed by atoms with Crippen molar-refractivity contribution in [2.45, 2.75) is 20.4 Å². The Bertz CT molecular complexity index is 821. The number of carbonyl (C=O) groups is 1. The minimum absolute atomic E-state index is 0.0334. The summed E-state index contributed by atoms with van der Waals surface area (Å²) in [4.78, 5) is 20.9. The molecule has 0 aliphatic heterocycles. The second-order valence-electron chi connectivity index (χ2n) is 5.50. The average molecular weight is 342 g/mol. The maximum atomic E-state index is 12.8. The average Bonchev–Trinajstić information content (AvgIpc) is 3.18. The maximum absolute atomic E-state index is 12.8. The lowest BCUT2D eigenvalue weighted by Crippen LogP contribution is -2.26. The van der Waals surface area contributed by atoms with Gasteiger partial charge in [0.25, 0.3) is 5.91 Å². The van der Waals surface area contributed by atoms with Gasteiger partial charge in [0.05, 0.1) is 10.6 Å². The second-order valence-corrected chi connectivity index (χ2v) is 7.45. The zero-order valence-electron chi connectivity index (χ0n) is 13.4. The van der Waals surface area contributed by atoms with E-state index in [1.807, 2.05) is 43.6 Å². The van der Waals surface area contributed by atoms with Crippen molar-refractivity contribution in [2.24, 2.45) is 0 Å². The third-order valence-electron chi connectivity index (χ3n) is 3.74. The Hall–Kier alpha value is -1.98. The molecule has 2 aromatic heterocycles. The van der Waals surface area contributed by atoms with Crippen LogP contribution in [0.25, 0.3) is 9.88 Å². The van der Waals surface area contributed by atoms with Gasteiger partial charge >= 0.3 is 0 Å². The molecule has 0 unspecified atom stereocenters. The van der Waals surface area contributed by atoms with E-state index in [1.165, 1.54) is 22.5 Å². The number of hydrogen-bond donors (Lipinski definition) is 0. The number of benzene rings is 1. The van der Waals surface area contributed by atoms with Crippen LogP contribution in [0.4, 0.5) is 0 Å². The number of thiophene rings is 1. The second kappa shape index (κ2) is 6.64. The maximum Gasteiger partial charge on any atom is 0.265 e. The van der Waals surface area contributed by atoms with Crippen molar-refractivity contribution >= 4 is 28.6 Å². The largest absolute Gasteiger partial charge is 0.337 e. The molecular formula is C18H18N2OS2. The lowest BCUT2D eigenvalue weighted by Gasteiger charge is -2.18. The minimum atomic E-state index is 0.0334. The number of thiazole rings is 1. The molecule has 5 heteroatoms. The fourth-order valence-electron chi connectivity index (χ4n) is 2.39. The molecule has 3 rings (SSSR count). The molecule has 0 fully saturated rings. The van der Waals surface area contributed by atoms with Crippen molar-refractivity contribution < 1.29 is 4.79 Å². The van der Waals surface area contributed by atoms with Crippen molar-refractivity contribution in [3.63, 3.8) is 0 Å². The van der Waals surface area contributed by atoms with Crippen molar-refractivity contribution in [3.8, 4) is 9.88 Å². The Labute approximate surface area is 144 Å². The summed E-state index contributed by atoms with van der Waals surface area (Å²) in [7, 11) is 1.85. The standard InChI is InChI=1S/C18H18N2OS2/c1-12-7-4-5-8-14(12)11-20(3)18(21)16-13(2)19-17(23-16)15-9-6-10-22-15/h4-10H,11H2,1-3H3. The van der Waals surface area contributed by atoms with Gasteiger partial charge in [-0.15, -0.1) is 22.7 Å². The topological polar surface area (TPSA) is 33.2 Å². The van der Waals surface area contributed by atoms with Crippen LogP contribution in [0.2, 0.25) is 0 Å². The summed E-state index contributed by atoms with van der Waals surface area (Å²) in [5, 5.41) is 2.95. The molecule has 3 nitrogen and oxygen atoms in total. The van der Waals surface area contributed by atoms with Crippen LogP contribution in [0.5, 0.6) is 0 Å². The predicted molar refractivity (Wildman–Crippen MR) is 97.1 cm³/mol. The smallest absolute Gasteiger partial charge is 0.265 e. The van der Waals surface area contributed by atoms with Crippen molar-refractivity contribution in [2.75, 3.05) is 7.05 Å². The van der Waals surface area contributed by atoms with Gasteiger partial charge in [-0.05, 0) is 36.4 Å². The molecule has 2 heterocycles. The Morgan fingerprint density at radius 2 is 1.96 bits per heavy atom. The fourth-order valence-corrected chi connectivity index (χ4v) is 4.25. The SMILES string of the molecule is Cc1ccccc1CN(C)C(=O)c1sc(-c2cccs2)nc1C. The first-order valence-electron chi connectivity index (χ1n) is 7.37. The first-order valence-corrected chi connectivity index (χ1v) is 9.07. The van der Waals surface area contributed by atoms with Crippen molar-refractivity contribution in [1.29, 1.82) is 0 Å². The van der Waals surface area contributed by atoms with E-state index in [0.717, 1.165) is 20.5 Å². The summed E-state index contributed by atoms with van der Waals surface area (Å²) < 4.78 is 0. The zero-order valence-corrected chi connectivity index (χ0v) is 15.0. The summed E-state index contributed by atoms with van der Waals surface area (Å²) in [6, 6.07) is 12.2. The zero-order chi connectivity index (χ0) is 16.4. The lowest BCUT2D eigenvalue weighted by molar-refractivity contribution is 0.0789. The van der Waals surface area contributed by atoms with Crippen LogP contribution in [-0.4, -0.2) is 22.8 Å². The van der Waals surface area contributed by atoms with Gasteiger partial charge in [-0.25, -0.2) is 4.98 Å². The molecule has 1 aromatic carbocycles. The van der Waals surface area contributed by atoms with E-state index >= 15 is 0 Å². The third kappa shape index (κ3) is 3.35. The van der Waals surface area contributed by atoms with Crippen LogP contribution >= 0.6 is 22.7 Å². The Balaban J connectivity index is 1.81. The van der Waals surface area contributed by atoms with Gasteiger partial charge in [0.1, 0.15) is 9.88 Å². The number of aryl methyl sites for hydroxylation is 2. The first kappa shape index (κ1) is 15.9. The van der Waals surface area contributed by atoms with E-state index in [1.54, 1.807) is 16.2 Å². The van der Waals surface area contributed by atoms with E-state index in [0.29, 0.717) is 6.54 Å². The summed E-state index contributed by atoms with van der Waals surface area (Å²) in [5.74, 6) is 0.0334. The lowest BCUT2D eigenvalue weighted by atomic mass is 10.1. The number of carbonyl (C=O) groups excluding carboxylic acids is 1. The molecule has 0 atom stereocenters. The van der Waals surface area contributed by atoms with Crippen LogP contribution in [0.1, 0.15) is 26.5 Å². The highest BCUT2D eigenvalue weighted by Gasteiger charge is 2.20. The molecule has 118 valence electrons. The van der Waals surface area contributed by atoms with Crippen LogP contribution in [0.15, 0.2) is 41.8 Å². The molecule has 1 amide bonds. The summed E-state index contributed by atoms with van der Waals surface area (Å²) >= 11 is 3.12. The quantitative estimate of drug-likeness (QED) is 0.685. The molecule has 3 aromatic rings. The predicted octanol–water partition coefficient (Wildman–Crippen LogP) is 4.76. The highest BCUT2D eigenvalue weighted by atomic mass is 32.1. The molecule has 23 heavy (non-hydrogen) atoms. The number of hydrogen-bond acceptors (Lipinski definition) is 4. The van der Waals surface area contributed by atoms with E-state index < -0.39 is 0 Å². The molecule has 0 radical (unpaired) electrons. The van der Waals surface area contributed by atoms with Gasteiger partial charge in [-0.1, -0.05) is 30.3 Å². The first-order chi connectivity index (χ1) is 11.1. The minimum Gasteiger partial charge on any atom is -0.337 e. The molecule has 0 aliphatic rings. The molecule has 0 aliphatic carbocycles. The van der Waals surface area contributed by atoms with Gasteiger partial charge < -0.3 is 4.90 Å². The highest BCUT2D eigenvalue weighted by molar-refractivity contribution is 7.22. The van der Waals surface area contributed by atoms with Gasteiger partial charge in [0.2, 0.25) is 0 Å². The van der Waals surface area contributed by atoms with E-state index in [4.69, 9.17) is 0 Å².